The Labute approximate surface area is 155 Å². The van der Waals surface area contributed by atoms with Crippen molar-refractivity contribution in [3.63, 3.8) is 0 Å². The third-order valence-corrected chi connectivity index (χ3v) is 5.07. The summed E-state index contributed by atoms with van der Waals surface area (Å²) in [5.41, 5.74) is 0.641. The number of para-hydroxylation sites is 1. The van der Waals surface area contributed by atoms with Crippen LogP contribution in [0.25, 0.3) is 0 Å². The van der Waals surface area contributed by atoms with Gasteiger partial charge in [-0.3, -0.25) is 19.3 Å². The van der Waals surface area contributed by atoms with Crippen LogP contribution >= 0.6 is 11.8 Å². The van der Waals surface area contributed by atoms with E-state index in [9.17, 15) is 14.4 Å². The van der Waals surface area contributed by atoms with E-state index in [0.29, 0.717) is 11.4 Å². The molecule has 3 rings (SSSR count). The first-order valence-electron chi connectivity index (χ1n) is 8.08. The molecule has 26 heavy (non-hydrogen) atoms. The third kappa shape index (κ3) is 4.43. The van der Waals surface area contributed by atoms with Crippen molar-refractivity contribution in [1.82, 2.24) is 4.90 Å². The second kappa shape index (κ2) is 8.05. The number of ether oxygens (including phenoxy) is 1. The summed E-state index contributed by atoms with van der Waals surface area (Å²) in [5, 5.41) is 2.37. The lowest BCUT2D eigenvalue weighted by Crippen LogP contribution is -2.26. The van der Waals surface area contributed by atoms with Crippen LogP contribution in [-0.4, -0.2) is 41.5 Å². The molecule has 1 aliphatic rings. The number of nitrogens with one attached hydrogen (secondary N) is 1. The van der Waals surface area contributed by atoms with Gasteiger partial charge < -0.3 is 10.1 Å². The maximum Gasteiger partial charge on any atom is 0.262 e. The van der Waals surface area contributed by atoms with E-state index in [1.807, 2.05) is 30.3 Å². The first-order valence-corrected chi connectivity index (χ1v) is 8.96. The summed E-state index contributed by atoms with van der Waals surface area (Å²) in [6.45, 7) is -0.0778. The number of likely N-dealkylation sites (tertiary alicyclic amines) is 1. The fraction of sp³-hybridized carbons (Fsp3) is 0.211. The molecule has 1 aliphatic heterocycles. The zero-order valence-corrected chi connectivity index (χ0v) is 15.0. The minimum atomic E-state index is -0.382. The molecule has 1 atom stereocenters. The average molecular weight is 370 g/mol. The van der Waals surface area contributed by atoms with Crippen LogP contribution in [0.3, 0.4) is 0 Å². The van der Waals surface area contributed by atoms with Crippen LogP contribution in [0.15, 0.2) is 59.5 Å². The molecule has 0 aliphatic carbocycles. The Morgan fingerprint density at radius 1 is 1.15 bits per heavy atom. The number of nitrogens with zero attached hydrogens (tertiary/aromatic N) is 1. The van der Waals surface area contributed by atoms with Gasteiger partial charge in [0.15, 0.2) is 6.61 Å². The van der Waals surface area contributed by atoms with Gasteiger partial charge >= 0.3 is 0 Å². The summed E-state index contributed by atoms with van der Waals surface area (Å²) in [5.74, 6) is 0.0489. The van der Waals surface area contributed by atoms with Crippen molar-refractivity contribution < 1.29 is 19.1 Å². The van der Waals surface area contributed by atoms with Crippen LogP contribution in [0.5, 0.6) is 5.75 Å². The average Bonchev–Trinajstić information content (AvgIpc) is 2.89. The van der Waals surface area contributed by atoms with Gasteiger partial charge in [-0.1, -0.05) is 18.2 Å². The van der Waals surface area contributed by atoms with Gasteiger partial charge in [0, 0.05) is 24.1 Å². The van der Waals surface area contributed by atoms with Crippen molar-refractivity contribution in [2.24, 2.45) is 0 Å². The highest BCUT2D eigenvalue weighted by Crippen LogP contribution is 2.31. The highest BCUT2D eigenvalue weighted by molar-refractivity contribution is 8.00. The smallest absolute Gasteiger partial charge is 0.262 e. The molecule has 0 aromatic heterocycles. The zero-order valence-electron chi connectivity index (χ0n) is 14.2. The number of amides is 3. The first kappa shape index (κ1) is 18.0. The van der Waals surface area contributed by atoms with E-state index in [1.54, 1.807) is 24.3 Å². The maximum absolute atomic E-state index is 11.9. The van der Waals surface area contributed by atoms with Gasteiger partial charge in [0.25, 0.3) is 5.91 Å². The number of imide groups is 1. The number of benzene rings is 2. The maximum atomic E-state index is 11.9. The van der Waals surface area contributed by atoms with E-state index in [0.717, 1.165) is 4.90 Å². The van der Waals surface area contributed by atoms with E-state index < -0.39 is 0 Å². The fourth-order valence-electron chi connectivity index (χ4n) is 2.46. The Bertz CT molecular complexity index is 808. The van der Waals surface area contributed by atoms with Gasteiger partial charge in [0.1, 0.15) is 5.75 Å². The van der Waals surface area contributed by atoms with Crippen molar-refractivity contribution in [2.45, 2.75) is 16.6 Å². The second-order valence-electron chi connectivity index (χ2n) is 5.78. The van der Waals surface area contributed by atoms with Crippen LogP contribution in [0.4, 0.5) is 5.69 Å². The number of hydrogen-bond acceptors (Lipinski definition) is 5. The summed E-state index contributed by atoms with van der Waals surface area (Å²) < 4.78 is 5.39. The van der Waals surface area contributed by atoms with Gasteiger partial charge in [0.2, 0.25) is 11.8 Å². The standard InChI is InChI=1S/C19H18N2O4S/c1-21-18(23)11-16(19(21)24)26-15-9-7-13(8-10-15)20-17(22)12-25-14-5-3-2-4-6-14/h2-10,16H,11-12H2,1H3,(H,20,22). The quantitative estimate of drug-likeness (QED) is 0.791. The summed E-state index contributed by atoms with van der Waals surface area (Å²) in [7, 11) is 1.50. The molecule has 0 radical (unpaired) electrons. The number of hydrogen-bond donors (Lipinski definition) is 1. The Kier molecular flexibility index (Phi) is 5.58. The molecule has 0 bridgehead atoms. The van der Waals surface area contributed by atoms with E-state index in [4.69, 9.17) is 4.74 Å². The normalized spacial score (nSPS) is 16.7. The van der Waals surface area contributed by atoms with Gasteiger partial charge in [-0.2, -0.15) is 0 Å². The van der Waals surface area contributed by atoms with Gasteiger partial charge in [-0.25, -0.2) is 0 Å². The molecule has 1 unspecified atom stereocenters. The van der Waals surface area contributed by atoms with E-state index in [-0.39, 0.29) is 36.0 Å². The summed E-state index contributed by atoms with van der Waals surface area (Å²) in [4.78, 5) is 37.5. The zero-order chi connectivity index (χ0) is 18.5. The molecular formula is C19H18N2O4S. The highest BCUT2D eigenvalue weighted by atomic mass is 32.2. The Balaban J connectivity index is 1.50. The van der Waals surface area contributed by atoms with E-state index >= 15 is 0 Å². The minimum Gasteiger partial charge on any atom is -0.484 e. The molecule has 1 heterocycles. The third-order valence-electron chi connectivity index (χ3n) is 3.87. The summed E-state index contributed by atoms with van der Waals surface area (Å²) in [6.07, 6.45) is 0.218. The van der Waals surface area contributed by atoms with Crippen LogP contribution in [0.1, 0.15) is 6.42 Å². The topological polar surface area (TPSA) is 75.7 Å². The molecular weight excluding hydrogens is 352 g/mol. The van der Waals surface area contributed by atoms with Crippen LogP contribution in [0, 0.1) is 0 Å². The molecule has 1 N–H and O–H groups in total. The number of carbonyl (C=O) groups excluding carboxylic acids is 3. The fourth-order valence-corrected chi connectivity index (χ4v) is 3.56. The molecule has 3 amide bonds. The lowest BCUT2D eigenvalue weighted by molar-refractivity contribution is -0.136. The van der Waals surface area contributed by atoms with Gasteiger partial charge in [0.05, 0.1) is 5.25 Å². The van der Waals surface area contributed by atoms with Crippen molar-refractivity contribution in [2.75, 3.05) is 19.0 Å². The van der Waals surface area contributed by atoms with E-state index in [1.165, 1.54) is 23.7 Å². The lowest BCUT2D eigenvalue weighted by Gasteiger charge is -2.10. The molecule has 1 fully saturated rings. The number of rotatable bonds is 6. The second-order valence-corrected chi connectivity index (χ2v) is 7.05. The largest absolute Gasteiger partial charge is 0.484 e. The Morgan fingerprint density at radius 3 is 2.46 bits per heavy atom. The number of anilines is 1. The van der Waals surface area contributed by atoms with Gasteiger partial charge in [-0.15, -0.1) is 11.8 Å². The SMILES string of the molecule is CN1C(=O)CC(Sc2ccc(NC(=O)COc3ccccc3)cc2)C1=O. The summed E-state index contributed by atoms with van der Waals surface area (Å²) >= 11 is 1.35. The minimum absolute atomic E-state index is 0.0778. The van der Waals surface area contributed by atoms with Crippen molar-refractivity contribution in [1.29, 1.82) is 0 Å². The lowest BCUT2D eigenvalue weighted by atomic mass is 10.3. The molecule has 134 valence electrons. The molecule has 7 heteroatoms. The van der Waals surface area contributed by atoms with Crippen LogP contribution in [0.2, 0.25) is 0 Å². The molecule has 1 saturated heterocycles. The van der Waals surface area contributed by atoms with Crippen molar-refractivity contribution in [3.8, 4) is 5.75 Å². The monoisotopic (exact) mass is 370 g/mol. The molecule has 2 aromatic carbocycles. The predicted octanol–water partition coefficient (Wildman–Crippen LogP) is 2.55. The molecule has 0 saturated carbocycles. The predicted molar refractivity (Wildman–Crippen MR) is 99.0 cm³/mol. The number of thioether (sulfide) groups is 1. The molecule has 0 spiro atoms. The highest BCUT2D eigenvalue weighted by Gasteiger charge is 2.36. The van der Waals surface area contributed by atoms with Crippen molar-refractivity contribution in [3.05, 3.63) is 54.6 Å². The summed E-state index contributed by atoms with van der Waals surface area (Å²) in [6, 6.07) is 16.3. The van der Waals surface area contributed by atoms with Gasteiger partial charge in [-0.05, 0) is 36.4 Å². The number of carbonyl (C=O) groups is 3. The Hall–Kier alpha value is -2.80. The Morgan fingerprint density at radius 2 is 1.85 bits per heavy atom. The van der Waals surface area contributed by atoms with Crippen LogP contribution in [-0.2, 0) is 14.4 Å². The van der Waals surface area contributed by atoms with Crippen molar-refractivity contribution >= 4 is 35.2 Å². The van der Waals surface area contributed by atoms with E-state index in [2.05, 4.69) is 5.32 Å². The van der Waals surface area contributed by atoms with Crippen LogP contribution < -0.4 is 10.1 Å². The molecule has 6 nitrogen and oxygen atoms in total. The first-order chi connectivity index (χ1) is 12.5. The molecule has 2 aromatic rings.